The van der Waals surface area contributed by atoms with Gasteiger partial charge in [-0.3, -0.25) is 9.69 Å². The molecule has 1 aliphatic heterocycles. The van der Waals surface area contributed by atoms with Gasteiger partial charge in [-0.2, -0.15) is 0 Å². The van der Waals surface area contributed by atoms with Gasteiger partial charge in [0.2, 0.25) is 11.6 Å². The lowest BCUT2D eigenvalue weighted by atomic mass is 9.99. The molecule has 0 spiro atoms. The Hall–Kier alpha value is -3.42. The van der Waals surface area contributed by atoms with Gasteiger partial charge in [-0.15, -0.1) is 0 Å². The van der Waals surface area contributed by atoms with Crippen molar-refractivity contribution < 1.29 is 19.1 Å². The first-order chi connectivity index (χ1) is 17.1. The van der Waals surface area contributed by atoms with Crippen LogP contribution in [0.15, 0.2) is 65.3 Å². The number of fused-ring (bicyclic) bond motifs is 1. The molecular formula is C27H26ClN3O4. The van der Waals surface area contributed by atoms with E-state index >= 15 is 0 Å². The van der Waals surface area contributed by atoms with E-state index in [0.29, 0.717) is 28.8 Å². The van der Waals surface area contributed by atoms with Crippen LogP contribution in [0.25, 0.3) is 33.6 Å². The molecule has 1 atom stereocenters. The molecule has 5 rings (SSSR count). The summed E-state index contributed by atoms with van der Waals surface area (Å²) >= 11 is 6.17. The summed E-state index contributed by atoms with van der Waals surface area (Å²) < 4.78 is 12.7. The summed E-state index contributed by atoms with van der Waals surface area (Å²) in [5, 5.41) is 10.3. The van der Waals surface area contributed by atoms with Crippen molar-refractivity contribution in [1.29, 1.82) is 0 Å². The molecule has 4 aromatic rings. The van der Waals surface area contributed by atoms with Gasteiger partial charge in [0.25, 0.3) is 0 Å². The second-order valence-electron chi connectivity index (χ2n) is 8.72. The van der Waals surface area contributed by atoms with E-state index < -0.39 is 5.97 Å². The molecule has 0 radical (unpaired) electrons. The van der Waals surface area contributed by atoms with Crippen molar-refractivity contribution in [3.8, 4) is 28.3 Å². The molecule has 3 heterocycles. The molecule has 0 saturated carbocycles. The zero-order valence-electron chi connectivity index (χ0n) is 19.2. The van der Waals surface area contributed by atoms with E-state index in [1.165, 1.54) is 6.33 Å². The van der Waals surface area contributed by atoms with Crippen molar-refractivity contribution in [2.45, 2.75) is 31.8 Å². The monoisotopic (exact) mass is 491 g/mol. The molecule has 1 fully saturated rings. The number of carboxylic acid groups (broad SMARTS) is 1. The highest BCUT2D eigenvalue weighted by atomic mass is 35.5. The van der Waals surface area contributed by atoms with Crippen LogP contribution in [0.5, 0.6) is 5.88 Å². The molecular weight excluding hydrogens is 466 g/mol. The minimum Gasteiger partial charge on any atom is -0.481 e. The number of furan rings is 1. The van der Waals surface area contributed by atoms with Crippen molar-refractivity contribution in [3.05, 3.63) is 65.9 Å². The van der Waals surface area contributed by atoms with E-state index in [9.17, 15) is 4.79 Å². The van der Waals surface area contributed by atoms with Crippen LogP contribution in [0.1, 0.15) is 25.7 Å². The Morgan fingerprint density at radius 3 is 2.69 bits per heavy atom. The first-order valence-corrected chi connectivity index (χ1v) is 12.2. The quantitative estimate of drug-likeness (QED) is 0.327. The Morgan fingerprint density at radius 2 is 1.91 bits per heavy atom. The SMILES string of the molecule is O=C(O)CCCN1CCC[C@@H](Oc2ncnc3oc(-c4ccccc4)c(-c4ccc(Cl)cc4)c23)C1. The van der Waals surface area contributed by atoms with Gasteiger partial charge < -0.3 is 14.3 Å². The lowest BCUT2D eigenvalue weighted by Gasteiger charge is -2.32. The van der Waals surface area contributed by atoms with Gasteiger partial charge in [0.15, 0.2) is 0 Å². The van der Waals surface area contributed by atoms with Crippen molar-refractivity contribution in [3.63, 3.8) is 0 Å². The summed E-state index contributed by atoms with van der Waals surface area (Å²) in [6, 6.07) is 17.5. The van der Waals surface area contributed by atoms with Crippen LogP contribution in [0, 0.1) is 0 Å². The molecule has 0 aliphatic carbocycles. The van der Waals surface area contributed by atoms with E-state index in [0.717, 1.165) is 54.6 Å². The Morgan fingerprint density at radius 1 is 1.11 bits per heavy atom. The molecule has 180 valence electrons. The smallest absolute Gasteiger partial charge is 0.303 e. The van der Waals surface area contributed by atoms with Gasteiger partial charge in [0.1, 0.15) is 23.6 Å². The number of piperidine rings is 1. The summed E-state index contributed by atoms with van der Waals surface area (Å²) in [5.74, 6) is 0.428. The van der Waals surface area contributed by atoms with Gasteiger partial charge in [0.05, 0.1) is 0 Å². The van der Waals surface area contributed by atoms with Crippen LogP contribution in [0.2, 0.25) is 5.02 Å². The van der Waals surface area contributed by atoms with E-state index in [1.807, 2.05) is 54.6 Å². The van der Waals surface area contributed by atoms with Gasteiger partial charge in [-0.05, 0) is 50.0 Å². The number of ether oxygens (including phenoxy) is 1. The number of hydrogen-bond acceptors (Lipinski definition) is 6. The Balaban J connectivity index is 1.50. The van der Waals surface area contributed by atoms with E-state index in [1.54, 1.807) is 0 Å². The lowest BCUT2D eigenvalue weighted by molar-refractivity contribution is -0.137. The number of nitrogens with zero attached hydrogens (tertiary/aromatic N) is 3. The highest BCUT2D eigenvalue weighted by Crippen LogP contribution is 2.43. The number of hydrogen-bond donors (Lipinski definition) is 1. The average molecular weight is 492 g/mol. The Bertz CT molecular complexity index is 1310. The van der Waals surface area contributed by atoms with Crippen LogP contribution in [-0.2, 0) is 4.79 Å². The largest absolute Gasteiger partial charge is 0.481 e. The van der Waals surface area contributed by atoms with Crippen LogP contribution in [0.4, 0.5) is 0 Å². The van der Waals surface area contributed by atoms with Crippen LogP contribution in [0.3, 0.4) is 0 Å². The number of rotatable bonds is 8. The third-order valence-electron chi connectivity index (χ3n) is 6.23. The normalized spacial score (nSPS) is 16.4. The maximum absolute atomic E-state index is 10.9. The summed E-state index contributed by atoms with van der Waals surface area (Å²) in [4.78, 5) is 22.0. The molecule has 1 saturated heterocycles. The minimum atomic E-state index is -0.762. The van der Waals surface area contributed by atoms with Crippen molar-refractivity contribution in [2.75, 3.05) is 19.6 Å². The number of carbonyl (C=O) groups is 1. The molecule has 35 heavy (non-hydrogen) atoms. The lowest BCUT2D eigenvalue weighted by Crippen LogP contribution is -2.41. The topological polar surface area (TPSA) is 88.7 Å². The fourth-order valence-corrected chi connectivity index (χ4v) is 4.73. The molecule has 8 heteroatoms. The zero-order valence-corrected chi connectivity index (χ0v) is 19.9. The molecule has 0 amide bonds. The fourth-order valence-electron chi connectivity index (χ4n) is 4.61. The van der Waals surface area contributed by atoms with Crippen molar-refractivity contribution in [1.82, 2.24) is 14.9 Å². The molecule has 1 N–H and O–H groups in total. The maximum Gasteiger partial charge on any atom is 0.303 e. The molecule has 0 unspecified atom stereocenters. The molecule has 1 aliphatic rings. The van der Waals surface area contributed by atoms with Crippen LogP contribution < -0.4 is 4.74 Å². The number of likely N-dealkylation sites (tertiary alicyclic amines) is 1. The first kappa shape index (κ1) is 23.3. The Labute approximate surface area is 208 Å². The van der Waals surface area contributed by atoms with E-state index in [2.05, 4.69) is 14.9 Å². The average Bonchev–Trinajstić information content (AvgIpc) is 3.26. The van der Waals surface area contributed by atoms with Gasteiger partial charge in [-0.1, -0.05) is 54.1 Å². The van der Waals surface area contributed by atoms with E-state index in [-0.39, 0.29) is 12.5 Å². The summed E-state index contributed by atoms with van der Waals surface area (Å²) in [5.41, 5.74) is 3.20. The van der Waals surface area contributed by atoms with Crippen LogP contribution in [-0.4, -0.2) is 51.7 Å². The highest BCUT2D eigenvalue weighted by Gasteiger charge is 2.26. The Kier molecular flexibility index (Phi) is 6.97. The second kappa shape index (κ2) is 10.5. The number of aromatic nitrogens is 2. The molecule has 0 bridgehead atoms. The number of carboxylic acids is 1. The van der Waals surface area contributed by atoms with Gasteiger partial charge in [-0.25, -0.2) is 9.97 Å². The second-order valence-corrected chi connectivity index (χ2v) is 9.15. The van der Waals surface area contributed by atoms with Gasteiger partial charge >= 0.3 is 5.97 Å². The minimum absolute atomic E-state index is 0.0557. The fraction of sp³-hybridized carbons (Fsp3) is 0.296. The first-order valence-electron chi connectivity index (χ1n) is 11.8. The standard InChI is InChI=1S/C27H26ClN3O4/c28-20-12-10-18(11-13-20)23-24-26(34-21-8-4-14-31(16-21)15-5-9-22(32)33)29-17-30-27(24)35-25(23)19-6-2-1-3-7-19/h1-3,6-7,10-13,17,21H,4-5,8-9,14-16H2,(H,32,33)/t21-/m1/s1. The van der Waals surface area contributed by atoms with Crippen molar-refractivity contribution in [2.24, 2.45) is 0 Å². The highest BCUT2D eigenvalue weighted by molar-refractivity contribution is 6.30. The predicted octanol–water partition coefficient (Wildman–Crippen LogP) is 5.92. The third kappa shape index (κ3) is 5.31. The summed E-state index contributed by atoms with van der Waals surface area (Å²) in [6.07, 6.45) is 4.10. The molecule has 7 nitrogen and oxygen atoms in total. The molecule has 2 aromatic carbocycles. The number of benzene rings is 2. The number of halogens is 1. The zero-order chi connectivity index (χ0) is 24.2. The van der Waals surface area contributed by atoms with Gasteiger partial charge in [0, 0.05) is 29.1 Å². The predicted molar refractivity (Wildman–Crippen MR) is 135 cm³/mol. The van der Waals surface area contributed by atoms with Crippen molar-refractivity contribution >= 4 is 28.7 Å². The van der Waals surface area contributed by atoms with E-state index in [4.69, 9.17) is 25.9 Å². The summed E-state index contributed by atoms with van der Waals surface area (Å²) in [7, 11) is 0. The summed E-state index contributed by atoms with van der Waals surface area (Å²) in [6.45, 7) is 2.41. The molecule has 2 aromatic heterocycles. The maximum atomic E-state index is 10.9. The van der Waals surface area contributed by atoms with Crippen LogP contribution >= 0.6 is 11.6 Å². The third-order valence-corrected chi connectivity index (χ3v) is 6.48. The number of aliphatic carboxylic acids is 1.